The number of amidine groups is 1. The second kappa shape index (κ2) is 5.53. The first-order valence-electron chi connectivity index (χ1n) is 5.53. The van der Waals surface area contributed by atoms with Crippen molar-refractivity contribution in [2.75, 3.05) is 11.9 Å². The first-order valence-corrected chi connectivity index (χ1v) is 6.41. The maximum Gasteiger partial charge on any atom is 0.268 e. The van der Waals surface area contributed by atoms with E-state index in [1.54, 1.807) is 42.3 Å². The first-order chi connectivity index (χ1) is 9.13. The quantitative estimate of drug-likeness (QED) is 0.390. The van der Waals surface area contributed by atoms with Crippen LogP contribution in [0.1, 0.15) is 15.2 Å². The molecule has 5 nitrogen and oxygen atoms in total. The summed E-state index contributed by atoms with van der Waals surface area (Å²) in [5.74, 6) is -0.0228. The van der Waals surface area contributed by atoms with Gasteiger partial charge in [-0.3, -0.25) is 4.79 Å². The number of rotatable bonds is 3. The molecule has 1 heterocycles. The molecule has 19 heavy (non-hydrogen) atoms. The van der Waals surface area contributed by atoms with Crippen molar-refractivity contribution in [2.45, 2.75) is 0 Å². The van der Waals surface area contributed by atoms with Crippen molar-refractivity contribution in [1.82, 2.24) is 0 Å². The second-order valence-electron chi connectivity index (χ2n) is 3.87. The first kappa shape index (κ1) is 13.1. The van der Waals surface area contributed by atoms with Crippen LogP contribution in [0.2, 0.25) is 0 Å². The van der Waals surface area contributed by atoms with Gasteiger partial charge in [0.15, 0.2) is 5.84 Å². The number of nitrogens with zero attached hydrogens (tertiary/aromatic N) is 2. The molecule has 1 aromatic heterocycles. The van der Waals surface area contributed by atoms with Gasteiger partial charge in [0.2, 0.25) is 0 Å². The SMILES string of the molecule is CN(C(=O)c1cccs1)c1ccc(/C(N)=N/O)cc1. The molecule has 0 unspecified atom stereocenters. The van der Waals surface area contributed by atoms with Crippen LogP contribution in [0.25, 0.3) is 0 Å². The third-order valence-corrected chi connectivity index (χ3v) is 3.55. The fourth-order valence-corrected chi connectivity index (χ4v) is 2.29. The molecule has 0 spiro atoms. The van der Waals surface area contributed by atoms with Crippen molar-refractivity contribution in [1.29, 1.82) is 0 Å². The third kappa shape index (κ3) is 2.74. The van der Waals surface area contributed by atoms with Crippen molar-refractivity contribution in [2.24, 2.45) is 10.9 Å². The highest BCUT2D eigenvalue weighted by Crippen LogP contribution is 2.18. The minimum Gasteiger partial charge on any atom is -0.409 e. The maximum atomic E-state index is 12.1. The molecule has 1 aromatic carbocycles. The molecule has 0 saturated carbocycles. The van der Waals surface area contributed by atoms with Crippen LogP contribution in [0.5, 0.6) is 0 Å². The van der Waals surface area contributed by atoms with Crippen LogP contribution in [0, 0.1) is 0 Å². The second-order valence-corrected chi connectivity index (χ2v) is 4.82. The van der Waals surface area contributed by atoms with Crippen LogP contribution in [-0.2, 0) is 0 Å². The zero-order chi connectivity index (χ0) is 13.8. The molecule has 3 N–H and O–H groups in total. The summed E-state index contributed by atoms with van der Waals surface area (Å²) in [6, 6.07) is 10.5. The molecule has 2 rings (SSSR count). The van der Waals surface area contributed by atoms with Crippen molar-refractivity contribution < 1.29 is 10.0 Å². The largest absolute Gasteiger partial charge is 0.409 e. The number of amides is 1. The predicted octanol–water partition coefficient (Wildman–Crippen LogP) is 2.12. The number of benzene rings is 1. The summed E-state index contributed by atoms with van der Waals surface area (Å²) in [4.78, 5) is 14.4. The van der Waals surface area contributed by atoms with E-state index in [-0.39, 0.29) is 11.7 Å². The van der Waals surface area contributed by atoms with Crippen LogP contribution in [0.3, 0.4) is 0 Å². The Morgan fingerprint density at radius 2 is 2.00 bits per heavy atom. The number of nitrogens with two attached hydrogens (primary N) is 1. The van der Waals surface area contributed by atoms with Crippen molar-refractivity contribution in [3.05, 3.63) is 52.2 Å². The van der Waals surface area contributed by atoms with Gasteiger partial charge in [-0.25, -0.2) is 0 Å². The number of carbonyl (C=O) groups is 1. The van der Waals surface area contributed by atoms with Crippen LogP contribution < -0.4 is 10.6 Å². The summed E-state index contributed by atoms with van der Waals surface area (Å²) < 4.78 is 0. The van der Waals surface area contributed by atoms with Crippen LogP contribution in [0.4, 0.5) is 5.69 Å². The van der Waals surface area contributed by atoms with Crippen molar-refractivity contribution >= 4 is 28.8 Å². The van der Waals surface area contributed by atoms with Gasteiger partial charge < -0.3 is 15.8 Å². The van der Waals surface area contributed by atoms with Gasteiger partial charge in [-0.15, -0.1) is 11.3 Å². The summed E-state index contributed by atoms with van der Waals surface area (Å²) in [5.41, 5.74) is 6.82. The molecule has 0 radical (unpaired) electrons. The molecule has 6 heteroatoms. The average Bonchev–Trinajstić information content (AvgIpc) is 2.99. The number of hydrogen-bond acceptors (Lipinski definition) is 4. The van der Waals surface area contributed by atoms with E-state index < -0.39 is 0 Å². The average molecular weight is 275 g/mol. The van der Waals surface area contributed by atoms with Crippen LogP contribution >= 0.6 is 11.3 Å². The van der Waals surface area contributed by atoms with E-state index in [4.69, 9.17) is 10.9 Å². The Morgan fingerprint density at radius 1 is 1.32 bits per heavy atom. The number of carbonyl (C=O) groups excluding carboxylic acids is 1. The molecule has 0 atom stereocenters. The van der Waals surface area contributed by atoms with Crippen LogP contribution in [0.15, 0.2) is 46.9 Å². The summed E-state index contributed by atoms with van der Waals surface area (Å²) in [6.07, 6.45) is 0. The Hall–Kier alpha value is -2.34. The predicted molar refractivity (Wildman–Crippen MR) is 76.0 cm³/mol. The Bertz CT molecular complexity index is 591. The fourth-order valence-electron chi connectivity index (χ4n) is 1.60. The van der Waals surface area contributed by atoms with Gasteiger partial charge in [0.1, 0.15) is 0 Å². The van der Waals surface area contributed by atoms with E-state index in [1.165, 1.54) is 11.3 Å². The van der Waals surface area contributed by atoms with Crippen molar-refractivity contribution in [3.8, 4) is 0 Å². The molecule has 0 saturated heterocycles. The lowest BCUT2D eigenvalue weighted by molar-refractivity contribution is 0.0997. The summed E-state index contributed by atoms with van der Waals surface area (Å²) in [7, 11) is 1.71. The van der Waals surface area contributed by atoms with Crippen LogP contribution in [-0.4, -0.2) is 24.0 Å². The maximum absolute atomic E-state index is 12.1. The molecular weight excluding hydrogens is 262 g/mol. The molecule has 0 aliphatic rings. The summed E-state index contributed by atoms with van der Waals surface area (Å²) >= 11 is 1.40. The topological polar surface area (TPSA) is 78.9 Å². The Kier molecular flexibility index (Phi) is 3.82. The van der Waals surface area contributed by atoms with E-state index in [2.05, 4.69) is 5.16 Å². The van der Waals surface area contributed by atoms with Gasteiger partial charge >= 0.3 is 0 Å². The zero-order valence-corrected chi connectivity index (χ0v) is 11.1. The normalized spacial score (nSPS) is 11.3. The van der Waals surface area contributed by atoms with E-state index in [0.29, 0.717) is 10.4 Å². The van der Waals surface area contributed by atoms with Gasteiger partial charge in [0.05, 0.1) is 4.88 Å². The van der Waals surface area contributed by atoms with Crippen molar-refractivity contribution in [3.63, 3.8) is 0 Å². The number of oxime groups is 1. The highest BCUT2D eigenvalue weighted by Gasteiger charge is 2.14. The fraction of sp³-hybridized carbons (Fsp3) is 0.0769. The van der Waals surface area contributed by atoms with E-state index in [1.807, 2.05) is 11.4 Å². The molecule has 0 fully saturated rings. The van der Waals surface area contributed by atoms with Gasteiger partial charge in [-0.05, 0) is 35.7 Å². The number of hydrogen-bond donors (Lipinski definition) is 2. The van der Waals surface area contributed by atoms with Gasteiger partial charge in [-0.2, -0.15) is 0 Å². The van der Waals surface area contributed by atoms with E-state index in [9.17, 15) is 4.79 Å². The van der Waals surface area contributed by atoms with Gasteiger partial charge in [0.25, 0.3) is 5.91 Å². The standard InChI is InChI=1S/C13H13N3O2S/c1-16(13(17)11-3-2-8-19-11)10-6-4-9(5-7-10)12(14)15-18/h2-8,18H,1H3,(H2,14,15). The lowest BCUT2D eigenvalue weighted by Gasteiger charge is -2.16. The summed E-state index contributed by atoms with van der Waals surface area (Å²) in [5, 5.41) is 13.4. The highest BCUT2D eigenvalue weighted by atomic mass is 32.1. The Morgan fingerprint density at radius 3 is 2.53 bits per heavy atom. The molecule has 98 valence electrons. The lowest BCUT2D eigenvalue weighted by atomic mass is 10.2. The molecule has 0 aliphatic carbocycles. The summed E-state index contributed by atoms with van der Waals surface area (Å²) in [6.45, 7) is 0. The monoisotopic (exact) mass is 275 g/mol. The Labute approximate surface area is 114 Å². The number of anilines is 1. The zero-order valence-electron chi connectivity index (χ0n) is 10.3. The Balaban J connectivity index is 2.20. The van der Waals surface area contributed by atoms with Gasteiger partial charge in [-0.1, -0.05) is 11.2 Å². The molecule has 1 amide bonds. The minimum atomic E-state index is -0.0634. The van der Waals surface area contributed by atoms with E-state index in [0.717, 1.165) is 5.69 Å². The molecular formula is C13H13N3O2S. The number of thiophene rings is 1. The lowest BCUT2D eigenvalue weighted by Crippen LogP contribution is -2.25. The molecule has 0 bridgehead atoms. The third-order valence-electron chi connectivity index (χ3n) is 2.69. The molecule has 2 aromatic rings. The molecule has 0 aliphatic heterocycles. The van der Waals surface area contributed by atoms with Gasteiger partial charge in [0, 0.05) is 18.3 Å². The minimum absolute atomic E-state index is 0.0405. The highest BCUT2D eigenvalue weighted by molar-refractivity contribution is 7.12. The van der Waals surface area contributed by atoms with E-state index >= 15 is 0 Å². The smallest absolute Gasteiger partial charge is 0.268 e.